The van der Waals surface area contributed by atoms with E-state index in [0.29, 0.717) is 0 Å². The number of ether oxygens (including phenoxy) is 1. The lowest BCUT2D eigenvalue weighted by molar-refractivity contribution is -0.147. The molecule has 2 rings (SSSR count). The van der Waals surface area contributed by atoms with Crippen LogP contribution in [0.5, 0.6) is 0 Å². The zero-order valence-corrected chi connectivity index (χ0v) is 13.9. The number of hydrogen-bond acceptors (Lipinski definition) is 4. The van der Waals surface area contributed by atoms with E-state index in [-0.39, 0.29) is 12.0 Å². The van der Waals surface area contributed by atoms with Crippen LogP contribution in [0.4, 0.5) is 0 Å². The van der Waals surface area contributed by atoms with Crippen LogP contribution in [0.2, 0.25) is 0 Å². The van der Waals surface area contributed by atoms with Gasteiger partial charge in [0.05, 0.1) is 11.6 Å². The molecule has 0 radical (unpaired) electrons. The molecule has 0 aromatic carbocycles. The topological polar surface area (TPSA) is 44.8 Å². The molecule has 1 N–H and O–H groups in total. The predicted octanol–water partition coefficient (Wildman–Crippen LogP) is 1.09. The van der Waals surface area contributed by atoms with Crippen LogP contribution in [0.3, 0.4) is 0 Å². The van der Waals surface area contributed by atoms with E-state index in [4.69, 9.17) is 4.74 Å². The van der Waals surface area contributed by atoms with Crippen molar-refractivity contribution in [1.29, 1.82) is 0 Å². The lowest BCUT2D eigenvalue weighted by Crippen LogP contribution is -2.62. The molecule has 122 valence electrons. The Labute approximate surface area is 129 Å². The molecule has 0 aromatic rings. The molecule has 0 spiro atoms. The fraction of sp³-hybridized carbons (Fsp3) is 0.938. The molecule has 5 nitrogen and oxygen atoms in total. The highest BCUT2D eigenvalue weighted by Crippen LogP contribution is 2.22. The number of carbonyl (C=O) groups excluding carboxylic acids is 1. The van der Waals surface area contributed by atoms with E-state index in [1.54, 1.807) is 0 Å². The molecule has 2 aliphatic heterocycles. The van der Waals surface area contributed by atoms with Gasteiger partial charge < -0.3 is 15.0 Å². The van der Waals surface area contributed by atoms with Crippen molar-refractivity contribution in [2.45, 2.75) is 51.7 Å². The summed E-state index contributed by atoms with van der Waals surface area (Å²) in [6.07, 6.45) is 3.40. The number of likely N-dealkylation sites (tertiary alicyclic amines) is 1. The summed E-state index contributed by atoms with van der Waals surface area (Å²) in [5.41, 5.74) is -0.408. The molecule has 0 aliphatic carbocycles. The zero-order valence-electron chi connectivity index (χ0n) is 13.9. The second-order valence-corrected chi connectivity index (χ2v) is 6.68. The fourth-order valence-electron chi connectivity index (χ4n) is 3.29. The average Bonchev–Trinajstić information content (AvgIpc) is 2.53. The minimum atomic E-state index is -0.408. The molecule has 0 saturated carbocycles. The second kappa shape index (κ2) is 7.56. The summed E-state index contributed by atoms with van der Waals surface area (Å²) in [5.74, 6) is 0.259. The standard InChI is InChI=1S/C16H31N3O2/c1-4-12-21-14-6-5-9-18(13-14)15(20)16(2,3)19-10-7-17-8-11-19/h14,17H,4-13H2,1-3H3. The van der Waals surface area contributed by atoms with Crippen molar-refractivity contribution >= 4 is 5.91 Å². The molecular weight excluding hydrogens is 266 g/mol. The van der Waals surface area contributed by atoms with Gasteiger partial charge in [-0.15, -0.1) is 0 Å². The normalized spacial score (nSPS) is 25.1. The molecule has 1 amide bonds. The molecular formula is C16H31N3O2. The van der Waals surface area contributed by atoms with Gasteiger partial charge in [0.1, 0.15) is 0 Å². The zero-order chi connectivity index (χ0) is 15.3. The molecule has 2 saturated heterocycles. The van der Waals surface area contributed by atoms with Crippen molar-refractivity contribution in [3.05, 3.63) is 0 Å². The van der Waals surface area contributed by atoms with E-state index in [1.807, 2.05) is 4.90 Å². The predicted molar refractivity (Wildman–Crippen MR) is 84.4 cm³/mol. The summed E-state index contributed by atoms with van der Waals surface area (Å²) in [6.45, 7) is 12.5. The quantitative estimate of drug-likeness (QED) is 0.825. The van der Waals surface area contributed by atoms with E-state index >= 15 is 0 Å². The lowest BCUT2D eigenvalue weighted by atomic mass is 9.97. The number of hydrogen-bond donors (Lipinski definition) is 1. The summed E-state index contributed by atoms with van der Waals surface area (Å²) in [7, 11) is 0. The van der Waals surface area contributed by atoms with Gasteiger partial charge >= 0.3 is 0 Å². The number of nitrogens with one attached hydrogen (secondary N) is 1. The van der Waals surface area contributed by atoms with Crippen molar-refractivity contribution in [3.63, 3.8) is 0 Å². The van der Waals surface area contributed by atoms with Crippen LogP contribution >= 0.6 is 0 Å². The van der Waals surface area contributed by atoms with Gasteiger partial charge in [0.25, 0.3) is 0 Å². The van der Waals surface area contributed by atoms with E-state index < -0.39 is 5.54 Å². The largest absolute Gasteiger partial charge is 0.376 e. The molecule has 5 heteroatoms. The van der Waals surface area contributed by atoms with Crippen molar-refractivity contribution in [1.82, 2.24) is 15.1 Å². The number of nitrogens with zero attached hydrogens (tertiary/aromatic N) is 2. The average molecular weight is 297 g/mol. The second-order valence-electron chi connectivity index (χ2n) is 6.68. The number of rotatable bonds is 5. The molecule has 0 bridgehead atoms. The third-order valence-electron chi connectivity index (χ3n) is 4.65. The maximum absolute atomic E-state index is 12.9. The Kier molecular flexibility index (Phi) is 6.02. The van der Waals surface area contributed by atoms with E-state index in [2.05, 4.69) is 31.0 Å². The van der Waals surface area contributed by atoms with E-state index in [9.17, 15) is 4.79 Å². The first kappa shape index (κ1) is 16.7. The van der Waals surface area contributed by atoms with E-state index in [0.717, 1.165) is 65.1 Å². The highest BCUT2D eigenvalue weighted by molar-refractivity contribution is 5.85. The first-order valence-corrected chi connectivity index (χ1v) is 8.42. The van der Waals surface area contributed by atoms with Crippen LogP contribution in [-0.4, -0.2) is 73.2 Å². The lowest BCUT2D eigenvalue weighted by Gasteiger charge is -2.44. The summed E-state index contributed by atoms with van der Waals surface area (Å²) in [4.78, 5) is 17.3. The Balaban J connectivity index is 1.93. The molecule has 2 heterocycles. The minimum absolute atomic E-state index is 0.224. The summed E-state index contributed by atoms with van der Waals surface area (Å²) in [5, 5.41) is 3.35. The summed E-state index contributed by atoms with van der Waals surface area (Å²) >= 11 is 0. The number of piperazine rings is 1. The Morgan fingerprint density at radius 1 is 1.29 bits per heavy atom. The van der Waals surface area contributed by atoms with Crippen LogP contribution in [0, 0.1) is 0 Å². The van der Waals surface area contributed by atoms with Crippen LogP contribution in [0.15, 0.2) is 0 Å². The Morgan fingerprint density at radius 2 is 2.00 bits per heavy atom. The van der Waals surface area contributed by atoms with Gasteiger partial charge in [-0.1, -0.05) is 6.92 Å². The molecule has 1 atom stereocenters. The Hall–Kier alpha value is -0.650. The third kappa shape index (κ3) is 4.18. The first-order valence-electron chi connectivity index (χ1n) is 8.42. The Bertz CT molecular complexity index is 340. The summed E-state index contributed by atoms with van der Waals surface area (Å²) < 4.78 is 5.85. The SMILES string of the molecule is CCCOC1CCCN(C(=O)C(C)(C)N2CCNCC2)C1. The van der Waals surface area contributed by atoms with Gasteiger partial charge in [-0.2, -0.15) is 0 Å². The minimum Gasteiger partial charge on any atom is -0.376 e. The maximum atomic E-state index is 12.9. The maximum Gasteiger partial charge on any atom is 0.242 e. The van der Waals surface area contributed by atoms with Gasteiger partial charge in [0.2, 0.25) is 5.91 Å². The number of amides is 1. The molecule has 2 aliphatic rings. The van der Waals surface area contributed by atoms with Crippen molar-refractivity contribution < 1.29 is 9.53 Å². The molecule has 2 fully saturated rings. The third-order valence-corrected chi connectivity index (χ3v) is 4.65. The number of piperidine rings is 1. The number of carbonyl (C=O) groups is 1. The summed E-state index contributed by atoms with van der Waals surface area (Å²) in [6, 6.07) is 0. The van der Waals surface area contributed by atoms with Crippen LogP contribution in [0.1, 0.15) is 40.0 Å². The highest BCUT2D eigenvalue weighted by atomic mass is 16.5. The van der Waals surface area contributed by atoms with Crippen LogP contribution < -0.4 is 5.32 Å². The van der Waals surface area contributed by atoms with Gasteiger partial charge in [0, 0.05) is 45.9 Å². The van der Waals surface area contributed by atoms with Crippen molar-refractivity contribution in [2.24, 2.45) is 0 Å². The molecule has 1 unspecified atom stereocenters. The van der Waals surface area contributed by atoms with Crippen molar-refractivity contribution in [3.8, 4) is 0 Å². The van der Waals surface area contributed by atoms with Gasteiger partial charge in [-0.3, -0.25) is 9.69 Å². The monoisotopic (exact) mass is 297 g/mol. The Morgan fingerprint density at radius 3 is 2.67 bits per heavy atom. The smallest absolute Gasteiger partial charge is 0.242 e. The van der Waals surface area contributed by atoms with Crippen LogP contribution in [-0.2, 0) is 9.53 Å². The van der Waals surface area contributed by atoms with Gasteiger partial charge in [-0.25, -0.2) is 0 Å². The first-order chi connectivity index (χ1) is 10.1. The van der Waals surface area contributed by atoms with Gasteiger partial charge in [-0.05, 0) is 33.1 Å². The van der Waals surface area contributed by atoms with Crippen LogP contribution in [0.25, 0.3) is 0 Å². The molecule has 21 heavy (non-hydrogen) atoms. The molecule has 0 aromatic heterocycles. The van der Waals surface area contributed by atoms with Gasteiger partial charge in [0.15, 0.2) is 0 Å². The van der Waals surface area contributed by atoms with Crippen molar-refractivity contribution in [2.75, 3.05) is 45.9 Å². The fourth-order valence-corrected chi connectivity index (χ4v) is 3.29. The highest BCUT2D eigenvalue weighted by Gasteiger charge is 2.39. The van der Waals surface area contributed by atoms with E-state index in [1.165, 1.54) is 0 Å².